The Balaban J connectivity index is 1.57. The van der Waals surface area contributed by atoms with E-state index in [9.17, 15) is 22.8 Å². The molecule has 1 aliphatic heterocycles. The molecule has 172 valence electrons. The summed E-state index contributed by atoms with van der Waals surface area (Å²) in [5, 5.41) is 2.83. The summed E-state index contributed by atoms with van der Waals surface area (Å²) in [4.78, 5) is 26.7. The molecular formula is C23H26F3N3O3. The summed E-state index contributed by atoms with van der Waals surface area (Å²) in [7, 11) is 0. The molecule has 0 saturated carbocycles. The zero-order valence-corrected chi connectivity index (χ0v) is 18.0. The second-order valence-corrected chi connectivity index (χ2v) is 7.64. The van der Waals surface area contributed by atoms with Crippen molar-refractivity contribution in [2.45, 2.75) is 32.5 Å². The molecule has 0 unspecified atom stereocenters. The van der Waals surface area contributed by atoms with Crippen LogP contribution < -0.4 is 15.0 Å². The highest BCUT2D eigenvalue weighted by molar-refractivity contribution is 6.04. The van der Waals surface area contributed by atoms with Gasteiger partial charge in [-0.05, 0) is 55.8 Å². The normalized spacial score (nSPS) is 15.3. The van der Waals surface area contributed by atoms with Gasteiger partial charge in [-0.25, -0.2) is 0 Å². The largest absolute Gasteiger partial charge is 0.491 e. The molecule has 9 heteroatoms. The first-order valence-corrected chi connectivity index (χ1v) is 10.5. The smallest absolute Gasteiger partial charge is 0.471 e. The molecule has 0 bridgehead atoms. The van der Waals surface area contributed by atoms with Gasteiger partial charge in [0.05, 0.1) is 6.10 Å². The second-order valence-electron chi connectivity index (χ2n) is 7.64. The van der Waals surface area contributed by atoms with Gasteiger partial charge in [-0.15, -0.1) is 0 Å². The molecule has 1 N–H and O–H groups in total. The van der Waals surface area contributed by atoms with E-state index < -0.39 is 12.1 Å². The van der Waals surface area contributed by atoms with E-state index in [2.05, 4.69) is 5.32 Å². The Hall–Kier alpha value is -3.23. The Bertz CT molecular complexity index is 939. The van der Waals surface area contributed by atoms with Gasteiger partial charge in [-0.1, -0.05) is 13.0 Å². The van der Waals surface area contributed by atoms with Crippen LogP contribution in [0.15, 0.2) is 48.5 Å². The first kappa shape index (κ1) is 23.4. The lowest BCUT2D eigenvalue weighted by Gasteiger charge is -2.36. The van der Waals surface area contributed by atoms with Crippen LogP contribution in [0.2, 0.25) is 0 Å². The van der Waals surface area contributed by atoms with Crippen LogP contribution in [-0.4, -0.2) is 55.2 Å². The van der Waals surface area contributed by atoms with Gasteiger partial charge in [-0.2, -0.15) is 13.2 Å². The number of hydrogen-bond donors (Lipinski definition) is 1. The number of carbonyl (C=O) groups is 2. The Labute approximate surface area is 184 Å². The lowest BCUT2D eigenvalue weighted by molar-refractivity contribution is -0.185. The van der Waals surface area contributed by atoms with Crippen molar-refractivity contribution in [3.05, 3.63) is 54.1 Å². The minimum Gasteiger partial charge on any atom is -0.491 e. The van der Waals surface area contributed by atoms with Crippen LogP contribution >= 0.6 is 0 Å². The van der Waals surface area contributed by atoms with Crippen LogP contribution in [0.1, 0.15) is 30.6 Å². The number of rotatable bonds is 6. The number of amides is 2. The fourth-order valence-electron chi connectivity index (χ4n) is 3.33. The average Bonchev–Trinajstić information content (AvgIpc) is 2.78. The molecule has 1 fully saturated rings. The standard InChI is InChI=1S/C23H26F3N3O3/c1-3-16(2)32-20-6-4-5-17(15-20)21(30)27-18-7-9-19(10-8-18)28-11-13-29(14-12-28)22(31)23(24,25)26/h4-10,15-16H,3,11-14H2,1-2H3,(H,27,30)/t16-/m1/s1. The minimum absolute atomic E-state index is 0.00584. The molecule has 0 radical (unpaired) electrons. The molecule has 1 saturated heterocycles. The van der Waals surface area contributed by atoms with Crippen molar-refractivity contribution in [2.24, 2.45) is 0 Å². The molecule has 2 amide bonds. The minimum atomic E-state index is -4.85. The fourth-order valence-corrected chi connectivity index (χ4v) is 3.33. The number of halogens is 3. The second kappa shape index (κ2) is 9.93. The lowest BCUT2D eigenvalue weighted by atomic mass is 10.2. The van der Waals surface area contributed by atoms with Gasteiger partial charge in [0.15, 0.2) is 0 Å². The third-order valence-electron chi connectivity index (χ3n) is 5.31. The predicted octanol–water partition coefficient (Wildman–Crippen LogP) is 4.33. The highest BCUT2D eigenvalue weighted by Crippen LogP contribution is 2.23. The van der Waals surface area contributed by atoms with Crippen molar-refractivity contribution in [1.29, 1.82) is 0 Å². The lowest BCUT2D eigenvalue weighted by Crippen LogP contribution is -2.52. The van der Waals surface area contributed by atoms with Crippen LogP contribution in [0, 0.1) is 0 Å². The summed E-state index contributed by atoms with van der Waals surface area (Å²) in [6.45, 7) is 4.60. The van der Waals surface area contributed by atoms with E-state index in [0.717, 1.165) is 17.0 Å². The van der Waals surface area contributed by atoms with Crippen molar-refractivity contribution >= 4 is 23.2 Å². The predicted molar refractivity (Wildman–Crippen MR) is 116 cm³/mol. The molecule has 3 rings (SSSR count). The summed E-state index contributed by atoms with van der Waals surface area (Å²) in [6, 6.07) is 14.0. The molecule has 2 aromatic rings. The molecule has 32 heavy (non-hydrogen) atoms. The number of alkyl halides is 3. The van der Waals surface area contributed by atoms with E-state index in [-0.39, 0.29) is 25.1 Å². The van der Waals surface area contributed by atoms with E-state index >= 15 is 0 Å². The molecule has 2 aromatic carbocycles. The van der Waals surface area contributed by atoms with Crippen molar-refractivity contribution in [3.63, 3.8) is 0 Å². The summed E-state index contributed by atoms with van der Waals surface area (Å²) >= 11 is 0. The zero-order chi connectivity index (χ0) is 23.3. The van der Waals surface area contributed by atoms with E-state index in [1.165, 1.54) is 0 Å². The quantitative estimate of drug-likeness (QED) is 0.713. The third kappa shape index (κ3) is 5.93. The van der Waals surface area contributed by atoms with Gasteiger partial charge in [0.25, 0.3) is 5.91 Å². The Morgan fingerprint density at radius 1 is 1.06 bits per heavy atom. The van der Waals surface area contributed by atoms with E-state index in [4.69, 9.17) is 4.74 Å². The van der Waals surface area contributed by atoms with Crippen LogP contribution in [0.25, 0.3) is 0 Å². The molecule has 0 aliphatic carbocycles. The average molecular weight is 449 g/mol. The number of benzene rings is 2. The highest BCUT2D eigenvalue weighted by atomic mass is 19.4. The number of carbonyl (C=O) groups excluding carboxylic acids is 2. The number of piperazine rings is 1. The van der Waals surface area contributed by atoms with Crippen LogP contribution in [0.5, 0.6) is 5.75 Å². The molecule has 0 aromatic heterocycles. The fraction of sp³-hybridized carbons (Fsp3) is 0.391. The monoisotopic (exact) mass is 449 g/mol. The van der Waals surface area contributed by atoms with E-state index in [1.807, 2.05) is 18.7 Å². The number of nitrogens with one attached hydrogen (secondary N) is 1. The van der Waals surface area contributed by atoms with Crippen molar-refractivity contribution < 1.29 is 27.5 Å². The Morgan fingerprint density at radius 2 is 1.72 bits per heavy atom. The molecule has 6 nitrogen and oxygen atoms in total. The van der Waals surface area contributed by atoms with Crippen molar-refractivity contribution in [3.8, 4) is 5.75 Å². The highest BCUT2D eigenvalue weighted by Gasteiger charge is 2.43. The molecule has 1 aliphatic rings. The SMILES string of the molecule is CC[C@@H](C)Oc1cccc(C(=O)Nc2ccc(N3CCN(C(=O)C(F)(F)F)CC3)cc2)c1. The van der Waals surface area contributed by atoms with Crippen LogP contribution in [0.3, 0.4) is 0 Å². The number of hydrogen-bond acceptors (Lipinski definition) is 4. The van der Waals surface area contributed by atoms with Gasteiger partial charge in [0.2, 0.25) is 0 Å². The number of anilines is 2. The van der Waals surface area contributed by atoms with Gasteiger partial charge in [0.1, 0.15) is 5.75 Å². The Kier molecular flexibility index (Phi) is 7.27. The van der Waals surface area contributed by atoms with Gasteiger partial charge in [0, 0.05) is 43.1 Å². The molecular weight excluding hydrogens is 423 g/mol. The summed E-state index contributed by atoms with van der Waals surface area (Å²) in [6.07, 6.45) is -3.94. The zero-order valence-electron chi connectivity index (χ0n) is 18.0. The van der Waals surface area contributed by atoms with E-state index in [1.54, 1.807) is 48.5 Å². The maximum absolute atomic E-state index is 12.6. The number of nitrogens with zero attached hydrogens (tertiary/aromatic N) is 2. The topological polar surface area (TPSA) is 61.9 Å². The van der Waals surface area contributed by atoms with Crippen LogP contribution in [-0.2, 0) is 4.79 Å². The van der Waals surface area contributed by atoms with Gasteiger partial charge in [-0.3, -0.25) is 9.59 Å². The van der Waals surface area contributed by atoms with Crippen molar-refractivity contribution in [1.82, 2.24) is 4.90 Å². The maximum atomic E-state index is 12.6. The van der Waals surface area contributed by atoms with Crippen molar-refractivity contribution in [2.75, 3.05) is 36.4 Å². The van der Waals surface area contributed by atoms with E-state index in [0.29, 0.717) is 30.1 Å². The summed E-state index contributed by atoms with van der Waals surface area (Å²) < 4.78 is 43.5. The maximum Gasteiger partial charge on any atom is 0.471 e. The number of ether oxygens (including phenoxy) is 1. The van der Waals surface area contributed by atoms with Gasteiger partial charge >= 0.3 is 12.1 Å². The Morgan fingerprint density at radius 3 is 2.31 bits per heavy atom. The first-order chi connectivity index (χ1) is 15.2. The summed E-state index contributed by atoms with van der Waals surface area (Å²) in [5.74, 6) is -1.44. The summed E-state index contributed by atoms with van der Waals surface area (Å²) in [5.41, 5.74) is 1.88. The third-order valence-corrected chi connectivity index (χ3v) is 5.31. The molecule has 1 heterocycles. The van der Waals surface area contributed by atoms with Gasteiger partial charge < -0.3 is 19.9 Å². The molecule has 0 spiro atoms. The molecule has 1 atom stereocenters. The van der Waals surface area contributed by atoms with Crippen LogP contribution in [0.4, 0.5) is 24.5 Å². The first-order valence-electron chi connectivity index (χ1n) is 10.5.